The minimum atomic E-state index is -0.835. The molecule has 2 rings (SSSR count). The highest BCUT2D eigenvalue weighted by atomic mass is 79.9. The summed E-state index contributed by atoms with van der Waals surface area (Å²) in [4.78, 5) is 1.19. The summed E-state index contributed by atoms with van der Waals surface area (Å²) in [7, 11) is 0. The van der Waals surface area contributed by atoms with Crippen molar-refractivity contribution in [3.63, 3.8) is 0 Å². The van der Waals surface area contributed by atoms with Gasteiger partial charge in [-0.2, -0.15) is 0 Å². The summed E-state index contributed by atoms with van der Waals surface area (Å²) in [5.74, 6) is -1.66. The molecule has 0 radical (unpaired) electrons. The van der Waals surface area contributed by atoms with E-state index in [1.807, 2.05) is 12.1 Å². The monoisotopic (exact) mass is 437 g/mol. The van der Waals surface area contributed by atoms with Crippen molar-refractivity contribution in [1.29, 1.82) is 0 Å². The predicted molar refractivity (Wildman–Crippen MR) is 90.8 cm³/mol. The molecule has 1 aromatic heterocycles. The van der Waals surface area contributed by atoms with E-state index in [0.717, 1.165) is 28.7 Å². The fourth-order valence-electron chi connectivity index (χ4n) is 2.08. The fourth-order valence-corrected chi connectivity index (χ4v) is 4.21. The lowest BCUT2D eigenvalue weighted by Gasteiger charge is -2.20. The van der Waals surface area contributed by atoms with E-state index in [2.05, 4.69) is 44.1 Å². The molecule has 0 bridgehead atoms. The fraction of sp³-hybridized carbons (Fsp3) is 0.333. The van der Waals surface area contributed by atoms with Gasteiger partial charge < -0.3 is 5.32 Å². The minimum Gasteiger partial charge on any atom is -0.310 e. The molecule has 1 nitrogen and oxygen atoms in total. The van der Waals surface area contributed by atoms with Crippen LogP contribution in [-0.2, 0) is 6.42 Å². The zero-order valence-corrected chi connectivity index (χ0v) is 15.4. The summed E-state index contributed by atoms with van der Waals surface area (Å²) in [6.45, 7) is 2.90. The Balaban J connectivity index is 2.29. The molecule has 0 aliphatic heterocycles. The molecule has 1 aromatic carbocycles. The van der Waals surface area contributed by atoms with Crippen molar-refractivity contribution < 1.29 is 8.78 Å². The Morgan fingerprint density at radius 2 is 1.95 bits per heavy atom. The maximum atomic E-state index is 13.8. The van der Waals surface area contributed by atoms with Crippen molar-refractivity contribution in [3.8, 4) is 0 Å². The Morgan fingerprint density at radius 3 is 2.57 bits per heavy atom. The SMILES string of the molecule is CCCNC(Cc1ccc(Br)s1)c1ccc(F)c(F)c1Br. The van der Waals surface area contributed by atoms with Gasteiger partial charge in [-0.15, -0.1) is 11.3 Å². The largest absolute Gasteiger partial charge is 0.310 e. The van der Waals surface area contributed by atoms with Crippen LogP contribution in [0.4, 0.5) is 8.78 Å². The van der Waals surface area contributed by atoms with Crippen LogP contribution in [-0.4, -0.2) is 6.54 Å². The van der Waals surface area contributed by atoms with Gasteiger partial charge in [0.15, 0.2) is 11.6 Å². The molecule has 2 aromatic rings. The van der Waals surface area contributed by atoms with Gasteiger partial charge >= 0.3 is 0 Å². The first-order chi connectivity index (χ1) is 10.0. The maximum Gasteiger partial charge on any atom is 0.173 e. The summed E-state index contributed by atoms with van der Waals surface area (Å²) < 4.78 is 28.3. The van der Waals surface area contributed by atoms with Crippen LogP contribution in [0.5, 0.6) is 0 Å². The van der Waals surface area contributed by atoms with Gasteiger partial charge in [0.05, 0.1) is 8.26 Å². The van der Waals surface area contributed by atoms with Crippen LogP contribution < -0.4 is 5.32 Å². The highest BCUT2D eigenvalue weighted by Gasteiger charge is 2.19. The van der Waals surface area contributed by atoms with E-state index in [9.17, 15) is 8.78 Å². The Morgan fingerprint density at radius 1 is 1.19 bits per heavy atom. The predicted octanol–water partition coefficient (Wildman–Crippen LogP) is 5.83. The molecule has 0 amide bonds. The highest BCUT2D eigenvalue weighted by molar-refractivity contribution is 9.11. The van der Waals surface area contributed by atoms with Crippen molar-refractivity contribution in [2.45, 2.75) is 25.8 Å². The first-order valence-corrected chi connectivity index (χ1v) is 9.04. The van der Waals surface area contributed by atoms with Gasteiger partial charge in [0, 0.05) is 17.3 Å². The standard InChI is InChI=1S/C15H15Br2F2NS/c1-2-7-20-12(8-9-3-6-13(16)21-9)10-4-5-11(18)15(19)14(10)17/h3-6,12,20H,2,7-8H2,1H3. The molecule has 0 saturated carbocycles. The lowest BCUT2D eigenvalue weighted by Crippen LogP contribution is -2.24. The van der Waals surface area contributed by atoms with E-state index in [1.165, 1.54) is 10.9 Å². The summed E-state index contributed by atoms with van der Waals surface area (Å²) in [6, 6.07) is 6.80. The number of nitrogens with one attached hydrogen (secondary N) is 1. The Kier molecular flexibility index (Phi) is 6.34. The maximum absolute atomic E-state index is 13.8. The van der Waals surface area contributed by atoms with E-state index in [-0.39, 0.29) is 10.5 Å². The zero-order valence-electron chi connectivity index (χ0n) is 11.4. The molecular formula is C15H15Br2F2NS. The van der Waals surface area contributed by atoms with Crippen molar-refractivity contribution >= 4 is 43.2 Å². The summed E-state index contributed by atoms with van der Waals surface area (Å²) in [5, 5.41) is 3.40. The number of thiophene rings is 1. The number of rotatable bonds is 6. The Labute approximate surface area is 144 Å². The van der Waals surface area contributed by atoms with E-state index in [1.54, 1.807) is 17.4 Å². The third-order valence-corrected chi connectivity index (χ3v) is 5.57. The normalized spacial score (nSPS) is 12.6. The molecule has 1 unspecified atom stereocenters. The lowest BCUT2D eigenvalue weighted by atomic mass is 10.0. The highest BCUT2D eigenvalue weighted by Crippen LogP contribution is 2.32. The first-order valence-electron chi connectivity index (χ1n) is 6.64. The number of benzene rings is 1. The van der Waals surface area contributed by atoms with E-state index in [0.29, 0.717) is 0 Å². The summed E-state index contributed by atoms with van der Waals surface area (Å²) in [5.41, 5.74) is 0.742. The molecule has 0 fully saturated rings. The second-order valence-corrected chi connectivity index (χ2v) is 8.02. The van der Waals surface area contributed by atoms with Crippen molar-refractivity contribution in [1.82, 2.24) is 5.32 Å². The average molecular weight is 439 g/mol. The van der Waals surface area contributed by atoms with Gasteiger partial charge in [0.1, 0.15) is 0 Å². The summed E-state index contributed by atoms with van der Waals surface area (Å²) in [6.07, 6.45) is 1.71. The van der Waals surface area contributed by atoms with Crippen LogP contribution in [0.15, 0.2) is 32.5 Å². The quantitative estimate of drug-likeness (QED) is 0.559. The van der Waals surface area contributed by atoms with Gasteiger partial charge in [-0.1, -0.05) is 13.0 Å². The zero-order chi connectivity index (χ0) is 15.4. The second kappa shape index (κ2) is 7.81. The second-order valence-electron chi connectivity index (χ2n) is 4.68. The van der Waals surface area contributed by atoms with Crippen LogP contribution in [0.1, 0.15) is 29.8 Å². The molecule has 114 valence electrons. The van der Waals surface area contributed by atoms with Crippen LogP contribution in [0.2, 0.25) is 0 Å². The third-order valence-electron chi connectivity index (χ3n) is 3.12. The third kappa shape index (κ3) is 4.34. The molecule has 0 aliphatic rings. The number of hydrogen-bond donors (Lipinski definition) is 1. The van der Waals surface area contributed by atoms with Crippen molar-refractivity contribution in [3.05, 3.63) is 54.6 Å². The molecule has 0 saturated heterocycles. The van der Waals surface area contributed by atoms with Crippen LogP contribution >= 0.6 is 43.2 Å². The average Bonchev–Trinajstić information content (AvgIpc) is 2.87. The molecule has 1 atom stereocenters. The molecule has 21 heavy (non-hydrogen) atoms. The van der Waals surface area contributed by atoms with Crippen LogP contribution in [0.25, 0.3) is 0 Å². The first kappa shape index (κ1) is 17.1. The van der Waals surface area contributed by atoms with Gasteiger partial charge in [0.25, 0.3) is 0 Å². The molecule has 0 spiro atoms. The topological polar surface area (TPSA) is 12.0 Å². The molecule has 0 aliphatic carbocycles. The molecule has 1 N–H and O–H groups in total. The van der Waals surface area contributed by atoms with Gasteiger partial charge in [-0.05, 0) is 68.6 Å². The van der Waals surface area contributed by atoms with Crippen molar-refractivity contribution in [2.75, 3.05) is 6.54 Å². The molecule has 6 heteroatoms. The summed E-state index contributed by atoms with van der Waals surface area (Å²) >= 11 is 8.28. The van der Waals surface area contributed by atoms with E-state index < -0.39 is 11.6 Å². The lowest BCUT2D eigenvalue weighted by molar-refractivity contribution is 0.488. The smallest absolute Gasteiger partial charge is 0.173 e. The minimum absolute atomic E-state index is 0.0556. The number of halogens is 4. The van der Waals surface area contributed by atoms with Crippen LogP contribution in [0.3, 0.4) is 0 Å². The van der Waals surface area contributed by atoms with E-state index >= 15 is 0 Å². The number of hydrogen-bond acceptors (Lipinski definition) is 2. The van der Waals surface area contributed by atoms with Crippen LogP contribution in [0, 0.1) is 11.6 Å². The van der Waals surface area contributed by atoms with Gasteiger partial charge in [0.2, 0.25) is 0 Å². The molecular weight excluding hydrogens is 424 g/mol. The molecule has 1 heterocycles. The van der Waals surface area contributed by atoms with Gasteiger partial charge in [-0.3, -0.25) is 0 Å². The van der Waals surface area contributed by atoms with Crippen molar-refractivity contribution in [2.24, 2.45) is 0 Å². The Bertz CT molecular complexity index is 616. The van der Waals surface area contributed by atoms with Gasteiger partial charge in [-0.25, -0.2) is 8.78 Å². The van der Waals surface area contributed by atoms with E-state index in [4.69, 9.17) is 0 Å². The Hall–Kier alpha value is -0.300.